The lowest BCUT2D eigenvalue weighted by Gasteiger charge is -2.17. The van der Waals surface area contributed by atoms with Crippen molar-refractivity contribution in [2.45, 2.75) is 39.2 Å². The van der Waals surface area contributed by atoms with Crippen LogP contribution in [0.15, 0.2) is 48.5 Å². The molecule has 0 amide bonds. The SMILES string of the molecule is CCCCOc1ccc(C2=C(c3ccc(OC)cc3)OC(C)(C)C2=O)cc1. The molecule has 2 aromatic rings. The Kier molecular flexibility index (Phi) is 5.54. The van der Waals surface area contributed by atoms with Gasteiger partial charge in [-0.25, -0.2) is 0 Å². The lowest BCUT2D eigenvalue weighted by Crippen LogP contribution is -2.29. The number of ketones is 1. The second-order valence-corrected chi connectivity index (χ2v) is 7.10. The number of hydrogen-bond acceptors (Lipinski definition) is 4. The summed E-state index contributed by atoms with van der Waals surface area (Å²) in [7, 11) is 1.63. The minimum Gasteiger partial charge on any atom is -0.497 e. The average molecular weight is 366 g/mol. The molecular formula is C23H26O4. The lowest BCUT2D eigenvalue weighted by molar-refractivity contribution is -0.125. The Morgan fingerprint density at radius 1 is 0.926 bits per heavy atom. The highest BCUT2D eigenvalue weighted by Crippen LogP contribution is 2.41. The van der Waals surface area contributed by atoms with Gasteiger partial charge in [0.25, 0.3) is 0 Å². The van der Waals surface area contributed by atoms with Crippen LogP contribution in [0.2, 0.25) is 0 Å². The molecule has 1 heterocycles. The number of hydrogen-bond donors (Lipinski definition) is 0. The predicted molar refractivity (Wildman–Crippen MR) is 107 cm³/mol. The third kappa shape index (κ3) is 4.00. The molecule has 0 saturated heterocycles. The number of Topliss-reactive ketones (excluding diaryl/α,β-unsaturated/α-hetero) is 1. The summed E-state index contributed by atoms with van der Waals surface area (Å²) in [6.07, 6.45) is 2.12. The molecular weight excluding hydrogens is 340 g/mol. The normalized spacial score (nSPS) is 15.6. The van der Waals surface area contributed by atoms with E-state index in [1.807, 2.05) is 48.5 Å². The van der Waals surface area contributed by atoms with Gasteiger partial charge in [-0.1, -0.05) is 25.5 Å². The summed E-state index contributed by atoms with van der Waals surface area (Å²) in [5.41, 5.74) is 1.40. The molecule has 4 heteroatoms. The van der Waals surface area contributed by atoms with Crippen molar-refractivity contribution < 1.29 is 19.0 Å². The van der Waals surface area contributed by atoms with E-state index in [1.54, 1.807) is 21.0 Å². The Morgan fingerprint density at radius 2 is 1.52 bits per heavy atom. The van der Waals surface area contributed by atoms with E-state index < -0.39 is 5.60 Å². The van der Waals surface area contributed by atoms with Crippen molar-refractivity contribution in [3.63, 3.8) is 0 Å². The zero-order valence-electron chi connectivity index (χ0n) is 16.4. The molecule has 27 heavy (non-hydrogen) atoms. The van der Waals surface area contributed by atoms with Crippen LogP contribution in [-0.4, -0.2) is 25.1 Å². The number of carbonyl (C=O) groups excluding carboxylic acids is 1. The van der Waals surface area contributed by atoms with Crippen molar-refractivity contribution in [3.8, 4) is 11.5 Å². The third-order valence-corrected chi connectivity index (χ3v) is 4.62. The summed E-state index contributed by atoms with van der Waals surface area (Å²) in [4.78, 5) is 13.0. The minimum absolute atomic E-state index is 0.0204. The molecule has 0 unspecified atom stereocenters. The van der Waals surface area contributed by atoms with E-state index in [1.165, 1.54) is 0 Å². The molecule has 0 radical (unpaired) electrons. The Balaban J connectivity index is 1.95. The van der Waals surface area contributed by atoms with Gasteiger partial charge in [0.05, 0.1) is 19.3 Å². The Hall–Kier alpha value is -2.75. The fourth-order valence-corrected chi connectivity index (χ4v) is 3.02. The zero-order chi connectivity index (χ0) is 19.4. The molecule has 3 rings (SSSR count). The highest BCUT2D eigenvalue weighted by Gasteiger charge is 2.42. The Labute approximate surface area is 160 Å². The zero-order valence-corrected chi connectivity index (χ0v) is 16.4. The Morgan fingerprint density at radius 3 is 2.11 bits per heavy atom. The van der Waals surface area contributed by atoms with Crippen LogP contribution in [0.1, 0.15) is 44.7 Å². The molecule has 0 saturated carbocycles. The summed E-state index contributed by atoms with van der Waals surface area (Å²) in [6.45, 7) is 6.43. The molecule has 2 aromatic carbocycles. The quantitative estimate of drug-likeness (QED) is 0.638. The molecule has 0 atom stereocenters. The van der Waals surface area contributed by atoms with Crippen LogP contribution in [0.4, 0.5) is 0 Å². The smallest absolute Gasteiger partial charge is 0.210 e. The van der Waals surface area contributed by atoms with E-state index in [2.05, 4.69) is 6.92 Å². The first-order valence-corrected chi connectivity index (χ1v) is 9.32. The van der Waals surface area contributed by atoms with Crippen molar-refractivity contribution >= 4 is 17.1 Å². The summed E-state index contributed by atoms with van der Waals surface area (Å²) in [5, 5.41) is 0. The first-order chi connectivity index (χ1) is 13.0. The van der Waals surface area contributed by atoms with Gasteiger partial charge in [-0.3, -0.25) is 4.79 Å². The average Bonchev–Trinajstić information content (AvgIpc) is 2.92. The molecule has 0 N–H and O–H groups in total. The highest BCUT2D eigenvalue weighted by atomic mass is 16.5. The van der Waals surface area contributed by atoms with E-state index in [0.29, 0.717) is 17.9 Å². The third-order valence-electron chi connectivity index (χ3n) is 4.62. The lowest BCUT2D eigenvalue weighted by atomic mass is 9.92. The molecule has 1 aliphatic heterocycles. The molecule has 0 spiro atoms. The summed E-state index contributed by atoms with van der Waals surface area (Å²) < 4.78 is 17.0. The molecule has 0 aliphatic carbocycles. The minimum atomic E-state index is -0.888. The molecule has 0 bridgehead atoms. The van der Waals surface area contributed by atoms with Crippen LogP contribution in [0.5, 0.6) is 11.5 Å². The summed E-state index contributed by atoms with van der Waals surface area (Å²) >= 11 is 0. The predicted octanol–water partition coefficient (Wildman–Crippen LogP) is 5.12. The topological polar surface area (TPSA) is 44.8 Å². The monoisotopic (exact) mass is 366 g/mol. The van der Waals surface area contributed by atoms with Gasteiger partial charge >= 0.3 is 0 Å². The van der Waals surface area contributed by atoms with Gasteiger partial charge in [0.1, 0.15) is 17.3 Å². The van der Waals surface area contributed by atoms with Gasteiger partial charge in [0.15, 0.2) is 5.60 Å². The fraction of sp³-hybridized carbons (Fsp3) is 0.348. The number of ether oxygens (including phenoxy) is 3. The van der Waals surface area contributed by atoms with Gasteiger partial charge in [-0.15, -0.1) is 0 Å². The first kappa shape index (κ1) is 19.0. The van der Waals surface area contributed by atoms with Gasteiger partial charge in [0, 0.05) is 5.56 Å². The molecule has 1 aliphatic rings. The van der Waals surface area contributed by atoms with Crippen molar-refractivity contribution in [1.82, 2.24) is 0 Å². The van der Waals surface area contributed by atoms with Gasteiger partial charge in [-0.2, -0.15) is 0 Å². The molecule has 0 aromatic heterocycles. The Bertz CT molecular complexity index is 830. The van der Waals surface area contributed by atoms with Gasteiger partial charge in [-0.05, 0) is 62.2 Å². The van der Waals surface area contributed by atoms with Gasteiger partial charge < -0.3 is 14.2 Å². The summed E-state index contributed by atoms with van der Waals surface area (Å²) in [5.74, 6) is 2.16. The summed E-state index contributed by atoms with van der Waals surface area (Å²) in [6, 6.07) is 15.2. The largest absolute Gasteiger partial charge is 0.497 e. The first-order valence-electron chi connectivity index (χ1n) is 9.32. The fourth-order valence-electron chi connectivity index (χ4n) is 3.02. The number of benzene rings is 2. The van der Waals surface area contributed by atoms with Crippen LogP contribution < -0.4 is 9.47 Å². The number of methoxy groups -OCH3 is 1. The van der Waals surface area contributed by atoms with Crippen molar-refractivity contribution in [3.05, 3.63) is 59.7 Å². The van der Waals surface area contributed by atoms with E-state index in [4.69, 9.17) is 14.2 Å². The maximum Gasteiger partial charge on any atom is 0.210 e. The van der Waals surface area contributed by atoms with Crippen molar-refractivity contribution in [2.24, 2.45) is 0 Å². The van der Waals surface area contributed by atoms with Crippen LogP contribution in [-0.2, 0) is 9.53 Å². The number of carbonyl (C=O) groups is 1. The molecule has 4 nitrogen and oxygen atoms in total. The standard InChI is InChI=1S/C23H26O4/c1-5-6-15-26-19-13-7-16(8-14-19)20-21(27-23(2,3)22(20)24)17-9-11-18(25-4)12-10-17/h7-14H,5-6,15H2,1-4H3. The van der Waals surface area contributed by atoms with Crippen LogP contribution >= 0.6 is 0 Å². The van der Waals surface area contributed by atoms with E-state index in [-0.39, 0.29) is 5.78 Å². The van der Waals surface area contributed by atoms with Crippen molar-refractivity contribution in [1.29, 1.82) is 0 Å². The van der Waals surface area contributed by atoms with Gasteiger partial charge in [0.2, 0.25) is 5.78 Å². The van der Waals surface area contributed by atoms with E-state index in [0.717, 1.165) is 35.5 Å². The number of unbranched alkanes of at least 4 members (excludes halogenated alkanes) is 1. The maximum atomic E-state index is 13.0. The molecule has 142 valence electrons. The van der Waals surface area contributed by atoms with Crippen LogP contribution in [0.25, 0.3) is 11.3 Å². The number of rotatable bonds is 7. The van der Waals surface area contributed by atoms with Crippen LogP contribution in [0.3, 0.4) is 0 Å². The van der Waals surface area contributed by atoms with E-state index >= 15 is 0 Å². The van der Waals surface area contributed by atoms with E-state index in [9.17, 15) is 4.79 Å². The van der Waals surface area contributed by atoms with Crippen LogP contribution in [0, 0.1) is 0 Å². The molecule has 0 fully saturated rings. The highest BCUT2D eigenvalue weighted by molar-refractivity contribution is 6.32. The van der Waals surface area contributed by atoms with Crippen molar-refractivity contribution in [2.75, 3.05) is 13.7 Å². The maximum absolute atomic E-state index is 13.0. The second kappa shape index (κ2) is 7.87. The second-order valence-electron chi connectivity index (χ2n) is 7.10.